The van der Waals surface area contributed by atoms with E-state index in [2.05, 4.69) is 5.32 Å². The standard InChI is InChI=1S/C12H15ClN2O2S2/c13-10-6-8(12(14)18)3-4-11(10)15-7-9-2-1-5-19(9,16)17/h3-4,6,9,15H,1-2,5,7H2,(H2,14,18). The molecule has 1 atom stereocenters. The number of nitrogens with one attached hydrogen (secondary N) is 1. The predicted molar refractivity (Wildman–Crippen MR) is 82.6 cm³/mol. The Kier molecular flexibility index (Phi) is 4.32. The Bertz CT molecular complexity index is 602. The lowest BCUT2D eigenvalue weighted by Crippen LogP contribution is -2.25. The van der Waals surface area contributed by atoms with Gasteiger partial charge in [-0.15, -0.1) is 0 Å². The first-order valence-corrected chi connectivity index (χ1v) is 8.45. The van der Waals surface area contributed by atoms with Crippen LogP contribution in [0.4, 0.5) is 5.69 Å². The average molecular weight is 319 g/mol. The lowest BCUT2D eigenvalue weighted by atomic mass is 10.2. The summed E-state index contributed by atoms with van der Waals surface area (Å²) in [5.74, 6) is 0.285. The van der Waals surface area contributed by atoms with Crippen molar-refractivity contribution in [2.45, 2.75) is 18.1 Å². The van der Waals surface area contributed by atoms with Gasteiger partial charge in [-0.1, -0.05) is 23.8 Å². The second kappa shape index (κ2) is 5.64. The first kappa shape index (κ1) is 14.6. The summed E-state index contributed by atoms with van der Waals surface area (Å²) in [7, 11) is -2.94. The Balaban J connectivity index is 2.06. The number of rotatable bonds is 4. The van der Waals surface area contributed by atoms with Crippen LogP contribution in [0.1, 0.15) is 18.4 Å². The van der Waals surface area contributed by atoms with Crippen molar-refractivity contribution in [3.05, 3.63) is 28.8 Å². The zero-order valence-corrected chi connectivity index (χ0v) is 12.6. The Morgan fingerprint density at radius 3 is 2.79 bits per heavy atom. The van der Waals surface area contributed by atoms with E-state index in [9.17, 15) is 8.42 Å². The molecule has 1 aliphatic heterocycles. The zero-order chi connectivity index (χ0) is 14.0. The summed E-state index contributed by atoms with van der Waals surface area (Å²) < 4.78 is 23.4. The molecule has 0 radical (unpaired) electrons. The molecule has 1 unspecified atom stereocenters. The van der Waals surface area contributed by atoms with Gasteiger partial charge in [0.25, 0.3) is 0 Å². The van der Waals surface area contributed by atoms with Crippen LogP contribution in [-0.4, -0.2) is 31.0 Å². The van der Waals surface area contributed by atoms with E-state index in [-0.39, 0.29) is 16.0 Å². The molecule has 1 heterocycles. The van der Waals surface area contributed by atoms with E-state index >= 15 is 0 Å². The second-order valence-electron chi connectivity index (χ2n) is 4.57. The van der Waals surface area contributed by atoms with E-state index in [1.54, 1.807) is 18.2 Å². The summed E-state index contributed by atoms with van der Waals surface area (Å²) in [6, 6.07) is 5.20. The SMILES string of the molecule is NC(=S)c1ccc(NCC2CCCS2(=O)=O)c(Cl)c1. The average Bonchev–Trinajstić information content (AvgIpc) is 2.66. The van der Waals surface area contributed by atoms with Gasteiger partial charge in [-0.25, -0.2) is 8.42 Å². The van der Waals surface area contributed by atoms with Gasteiger partial charge >= 0.3 is 0 Å². The van der Waals surface area contributed by atoms with Crippen LogP contribution in [0.2, 0.25) is 5.02 Å². The fourth-order valence-electron chi connectivity index (χ4n) is 2.12. The number of thiocarbonyl (C=S) groups is 1. The normalized spacial score (nSPS) is 21.2. The van der Waals surface area contributed by atoms with Crippen molar-refractivity contribution in [3.8, 4) is 0 Å². The molecule has 1 aromatic carbocycles. The highest BCUT2D eigenvalue weighted by molar-refractivity contribution is 7.92. The van der Waals surface area contributed by atoms with Gasteiger partial charge in [-0.2, -0.15) is 0 Å². The van der Waals surface area contributed by atoms with Crippen LogP contribution in [0.15, 0.2) is 18.2 Å². The van der Waals surface area contributed by atoms with Crippen molar-refractivity contribution in [3.63, 3.8) is 0 Å². The number of nitrogens with two attached hydrogens (primary N) is 1. The Morgan fingerprint density at radius 1 is 1.53 bits per heavy atom. The molecular weight excluding hydrogens is 304 g/mol. The topological polar surface area (TPSA) is 72.2 Å². The van der Waals surface area contributed by atoms with Crippen LogP contribution in [0.3, 0.4) is 0 Å². The molecule has 0 saturated carbocycles. The maximum atomic E-state index is 11.7. The molecule has 1 saturated heterocycles. The van der Waals surface area contributed by atoms with Gasteiger partial charge in [-0.05, 0) is 31.0 Å². The van der Waals surface area contributed by atoms with Gasteiger partial charge in [0, 0.05) is 12.1 Å². The summed E-state index contributed by atoms with van der Waals surface area (Å²) in [4.78, 5) is 0.284. The molecule has 0 aromatic heterocycles. The molecule has 0 spiro atoms. The van der Waals surface area contributed by atoms with Crippen LogP contribution in [0.5, 0.6) is 0 Å². The lowest BCUT2D eigenvalue weighted by Gasteiger charge is -2.13. The van der Waals surface area contributed by atoms with Gasteiger partial charge < -0.3 is 11.1 Å². The summed E-state index contributed by atoms with van der Waals surface area (Å²) in [6.07, 6.45) is 1.45. The minimum Gasteiger partial charge on any atom is -0.389 e. The highest BCUT2D eigenvalue weighted by Crippen LogP contribution is 2.25. The third-order valence-electron chi connectivity index (χ3n) is 3.24. The quantitative estimate of drug-likeness (QED) is 0.830. The molecule has 7 heteroatoms. The Morgan fingerprint density at radius 2 is 2.26 bits per heavy atom. The number of sulfone groups is 1. The van der Waals surface area contributed by atoms with E-state index in [1.807, 2.05) is 0 Å². The van der Waals surface area contributed by atoms with Crippen molar-refractivity contribution in [2.75, 3.05) is 17.6 Å². The van der Waals surface area contributed by atoms with E-state index < -0.39 is 9.84 Å². The minimum atomic E-state index is -2.94. The molecule has 2 rings (SSSR count). The van der Waals surface area contributed by atoms with E-state index in [0.717, 1.165) is 6.42 Å². The van der Waals surface area contributed by atoms with E-state index in [0.29, 0.717) is 29.2 Å². The minimum absolute atomic E-state index is 0.284. The van der Waals surface area contributed by atoms with Crippen molar-refractivity contribution < 1.29 is 8.42 Å². The first-order chi connectivity index (χ1) is 8.90. The van der Waals surface area contributed by atoms with E-state index in [1.165, 1.54) is 0 Å². The summed E-state index contributed by atoms with van der Waals surface area (Å²) >= 11 is 11.0. The molecule has 19 heavy (non-hydrogen) atoms. The molecular formula is C12H15ClN2O2S2. The van der Waals surface area contributed by atoms with Crippen LogP contribution in [0.25, 0.3) is 0 Å². The lowest BCUT2D eigenvalue weighted by molar-refractivity contribution is 0.591. The number of benzene rings is 1. The van der Waals surface area contributed by atoms with Gasteiger partial charge in [0.15, 0.2) is 9.84 Å². The van der Waals surface area contributed by atoms with Crippen LogP contribution in [-0.2, 0) is 9.84 Å². The fraction of sp³-hybridized carbons (Fsp3) is 0.417. The summed E-state index contributed by atoms with van der Waals surface area (Å²) in [6.45, 7) is 0.383. The molecule has 1 aliphatic rings. The largest absolute Gasteiger partial charge is 0.389 e. The number of hydrogen-bond acceptors (Lipinski definition) is 4. The van der Waals surface area contributed by atoms with Crippen LogP contribution < -0.4 is 11.1 Å². The Labute approximate surface area is 123 Å². The molecule has 0 aliphatic carbocycles. The van der Waals surface area contributed by atoms with E-state index in [4.69, 9.17) is 29.6 Å². The maximum absolute atomic E-state index is 11.7. The molecule has 1 fully saturated rings. The zero-order valence-electron chi connectivity index (χ0n) is 10.2. The van der Waals surface area contributed by atoms with Crippen molar-refractivity contribution in [2.24, 2.45) is 5.73 Å². The molecule has 3 N–H and O–H groups in total. The maximum Gasteiger partial charge on any atom is 0.154 e. The smallest absolute Gasteiger partial charge is 0.154 e. The van der Waals surface area contributed by atoms with Crippen molar-refractivity contribution >= 4 is 44.3 Å². The molecule has 0 amide bonds. The molecule has 4 nitrogen and oxygen atoms in total. The summed E-state index contributed by atoms with van der Waals surface area (Å²) in [5, 5.41) is 3.25. The highest BCUT2D eigenvalue weighted by Gasteiger charge is 2.30. The molecule has 1 aromatic rings. The number of halogens is 1. The van der Waals surface area contributed by atoms with Crippen LogP contribution in [0, 0.1) is 0 Å². The third-order valence-corrected chi connectivity index (χ3v) is 6.06. The first-order valence-electron chi connectivity index (χ1n) is 5.95. The van der Waals surface area contributed by atoms with Gasteiger partial charge in [0.1, 0.15) is 4.99 Å². The third kappa shape index (κ3) is 3.38. The highest BCUT2D eigenvalue weighted by atomic mass is 35.5. The number of hydrogen-bond donors (Lipinski definition) is 2. The fourth-order valence-corrected chi connectivity index (χ4v) is 4.26. The van der Waals surface area contributed by atoms with Crippen molar-refractivity contribution in [1.29, 1.82) is 0 Å². The summed E-state index contributed by atoms with van der Waals surface area (Å²) in [5.41, 5.74) is 6.91. The van der Waals surface area contributed by atoms with Gasteiger partial charge in [0.05, 0.1) is 21.7 Å². The molecule has 0 bridgehead atoms. The second-order valence-corrected chi connectivity index (χ2v) is 7.82. The number of anilines is 1. The van der Waals surface area contributed by atoms with Gasteiger partial charge in [0.2, 0.25) is 0 Å². The predicted octanol–water partition coefficient (Wildman–Crippen LogP) is 1.96. The van der Waals surface area contributed by atoms with Crippen LogP contribution >= 0.6 is 23.8 Å². The van der Waals surface area contributed by atoms with Gasteiger partial charge in [-0.3, -0.25) is 0 Å². The monoisotopic (exact) mass is 318 g/mol. The Hall–Kier alpha value is -0.850. The molecule has 104 valence electrons. The van der Waals surface area contributed by atoms with Crippen molar-refractivity contribution in [1.82, 2.24) is 0 Å².